The maximum absolute atomic E-state index is 13.6. The predicted octanol–water partition coefficient (Wildman–Crippen LogP) is 4.68. The monoisotopic (exact) mass is 475 g/mol. The largest absolute Gasteiger partial charge is 0.461 e. The number of carbonyl (C=O) groups excluding carboxylic acids is 2. The third kappa shape index (κ3) is 3.95. The van der Waals surface area contributed by atoms with Crippen molar-refractivity contribution in [1.82, 2.24) is 5.16 Å². The summed E-state index contributed by atoms with van der Waals surface area (Å²) in [7, 11) is -4.77. The van der Waals surface area contributed by atoms with E-state index in [-0.39, 0.29) is 50.7 Å². The van der Waals surface area contributed by atoms with Gasteiger partial charge in [-0.3, -0.25) is 9.36 Å². The van der Waals surface area contributed by atoms with E-state index in [0.29, 0.717) is 0 Å². The minimum Gasteiger partial charge on any atom is -0.461 e. The van der Waals surface area contributed by atoms with E-state index in [1.54, 1.807) is 6.92 Å². The SMILES string of the molecule is CCOC(=O)c1noc(C2CC2)c1C(=O)c1ccc(Cl)c(Cl)c1C(C)(C)P(=O)(O)O. The molecule has 1 aliphatic carbocycles. The molecule has 8 nitrogen and oxygen atoms in total. The highest BCUT2D eigenvalue weighted by Crippen LogP contribution is 2.59. The van der Waals surface area contributed by atoms with Gasteiger partial charge in [0.2, 0.25) is 5.69 Å². The molecule has 1 aromatic heterocycles. The first-order chi connectivity index (χ1) is 13.9. The van der Waals surface area contributed by atoms with Crippen LogP contribution in [0.3, 0.4) is 0 Å². The highest BCUT2D eigenvalue weighted by atomic mass is 35.5. The van der Waals surface area contributed by atoms with Gasteiger partial charge in [-0.15, -0.1) is 0 Å². The molecule has 0 saturated heterocycles. The lowest BCUT2D eigenvalue weighted by molar-refractivity contribution is 0.0512. The van der Waals surface area contributed by atoms with Crippen LogP contribution in [0.2, 0.25) is 10.0 Å². The summed E-state index contributed by atoms with van der Waals surface area (Å²) >= 11 is 12.4. The van der Waals surface area contributed by atoms with Crippen molar-refractivity contribution in [2.75, 3.05) is 6.61 Å². The van der Waals surface area contributed by atoms with E-state index in [0.717, 1.165) is 12.8 Å². The second-order valence-electron chi connectivity index (χ2n) is 7.48. The number of carbonyl (C=O) groups is 2. The Bertz CT molecular complexity index is 1070. The van der Waals surface area contributed by atoms with Crippen LogP contribution in [0.4, 0.5) is 0 Å². The molecule has 1 aromatic carbocycles. The molecular weight excluding hydrogens is 456 g/mol. The normalized spacial score (nSPS) is 14.6. The summed E-state index contributed by atoms with van der Waals surface area (Å²) in [5.74, 6) is -1.35. The van der Waals surface area contributed by atoms with Gasteiger partial charge in [0, 0.05) is 17.0 Å². The molecule has 0 atom stereocenters. The summed E-state index contributed by atoms with van der Waals surface area (Å²) in [5, 5.41) is 1.78. The molecule has 162 valence electrons. The van der Waals surface area contributed by atoms with Crippen molar-refractivity contribution in [3.63, 3.8) is 0 Å². The molecule has 3 rings (SSSR count). The first-order valence-corrected chi connectivity index (χ1v) is 11.5. The molecule has 0 spiro atoms. The molecule has 0 amide bonds. The van der Waals surface area contributed by atoms with Crippen LogP contribution in [0.1, 0.15) is 77.3 Å². The van der Waals surface area contributed by atoms with Crippen molar-refractivity contribution in [3.8, 4) is 0 Å². The van der Waals surface area contributed by atoms with Crippen LogP contribution in [-0.2, 0) is 14.5 Å². The lowest BCUT2D eigenvalue weighted by Gasteiger charge is -2.29. The fourth-order valence-corrected chi connectivity index (χ4v) is 4.25. The molecule has 0 radical (unpaired) electrons. The number of hydrogen-bond donors (Lipinski definition) is 2. The van der Waals surface area contributed by atoms with Gasteiger partial charge < -0.3 is 19.0 Å². The van der Waals surface area contributed by atoms with Crippen molar-refractivity contribution in [1.29, 1.82) is 0 Å². The van der Waals surface area contributed by atoms with Crippen LogP contribution in [-0.4, -0.2) is 33.3 Å². The third-order valence-electron chi connectivity index (χ3n) is 5.04. The zero-order valence-corrected chi connectivity index (χ0v) is 18.8. The molecule has 1 saturated carbocycles. The van der Waals surface area contributed by atoms with Crippen molar-refractivity contribution < 1.29 is 33.2 Å². The first-order valence-electron chi connectivity index (χ1n) is 9.17. The van der Waals surface area contributed by atoms with E-state index >= 15 is 0 Å². The molecule has 30 heavy (non-hydrogen) atoms. The standard InChI is InChI=1S/C19H20Cl2NO7P/c1-4-28-18(24)15-12(17(29-22-15)9-5-6-9)16(23)10-7-8-11(20)14(21)13(10)19(2,3)30(25,26)27/h7-9H,4-6H2,1-3H3,(H2,25,26,27). The molecule has 2 aromatic rings. The third-order valence-corrected chi connectivity index (χ3v) is 7.53. The summed E-state index contributed by atoms with van der Waals surface area (Å²) in [6, 6.07) is 2.67. The lowest BCUT2D eigenvalue weighted by Crippen LogP contribution is -2.23. The van der Waals surface area contributed by atoms with Crippen LogP contribution in [0.5, 0.6) is 0 Å². The second kappa shape index (κ2) is 8.09. The molecule has 0 unspecified atom stereocenters. The highest BCUT2D eigenvalue weighted by molar-refractivity contribution is 7.53. The zero-order chi connectivity index (χ0) is 22.4. The van der Waals surface area contributed by atoms with Crippen molar-refractivity contribution in [2.24, 2.45) is 0 Å². The average molecular weight is 476 g/mol. The fourth-order valence-electron chi connectivity index (χ4n) is 3.10. The van der Waals surface area contributed by atoms with Crippen molar-refractivity contribution in [3.05, 3.63) is 50.3 Å². The average Bonchev–Trinajstić information content (AvgIpc) is 3.40. The zero-order valence-electron chi connectivity index (χ0n) is 16.4. The Morgan fingerprint density at radius 1 is 1.30 bits per heavy atom. The van der Waals surface area contributed by atoms with Crippen LogP contribution < -0.4 is 0 Å². The van der Waals surface area contributed by atoms with Gasteiger partial charge in [-0.05, 0) is 45.7 Å². The van der Waals surface area contributed by atoms with Gasteiger partial charge in [-0.25, -0.2) is 4.79 Å². The first kappa shape index (κ1) is 23.0. The van der Waals surface area contributed by atoms with Crippen LogP contribution >= 0.6 is 30.8 Å². The molecule has 0 aliphatic heterocycles. The summed E-state index contributed by atoms with van der Waals surface area (Å²) < 4.78 is 22.5. The minimum atomic E-state index is -4.77. The van der Waals surface area contributed by atoms with Gasteiger partial charge >= 0.3 is 13.6 Å². The minimum absolute atomic E-state index is 0.0306. The molecule has 1 aliphatic rings. The Kier molecular flexibility index (Phi) is 6.20. The Morgan fingerprint density at radius 2 is 1.93 bits per heavy atom. The van der Waals surface area contributed by atoms with E-state index in [9.17, 15) is 23.9 Å². The molecular formula is C19H20Cl2NO7P. The van der Waals surface area contributed by atoms with Crippen LogP contribution in [0, 0.1) is 0 Å². The molecule has 0 bridgehead atoms. The second-order valence-corrected chi connectivity index (χ2v) is 10.5. The molecule has 2 N–H and O–H groups in total. The smallest absolute Gasteiger partial charge is 0.361 e. The van der Waals surface area contributed by atoms with Gasteiger partial charge in [-0.1, -0.05) is 28.4 Å². The Labute approximate surface area is 182 Å². The van der Waals surface area contributed by atoms with Crippen LogP contribution in [0.15, 0.2) is 16.7 Å². The van der Waals surface area contributed by atoms with E-state index < -0.39 is 24.5 Å². The topological polar surface area (TPSA) is 127 Å². The van der Waals surface area contributed by atoms with Gasteiger partial charge in [0.15, 0.2) is 11.5 Å². The Hall–Kier alpha value is -1.70. The molecule has 1 fully saturated rings. The van der Waals surface area contributed by atoms with Crippen molar-refractivity contribution in [2.45, 2.75) is 44.7 Å². The number of aromatic nitrogens is 1. The fraction of sp³-hybridized carbons (Fsp3) is 0.421. The van der Waals surface area contributed by atoms with Crippen LogP contribution in [0.25, 0.3) is 0 Å². The summed E-state index contributed by atoms with van der Waals surface area (Å²) in [6.45, 7) is 4.22. The maximum atomic E-state index is 13.6. The Balaban J connectivity index is 2.25. The van der Waals surface area contributed by atoms with E-state index in [1.165, 1.54) is 26.0 Å². The number of benzene rings is 1. The number of nitrogens with zero attached hydrogens (tertiary/aromatic N) is 1. The van der Waals surface area contributed by atoms with Gasteiger partial charge in [-0.2, -0.15) is 0 Å². The number of hydrogen-bond acceptors (Lipinski definition) is 6. The summed E-state index contributed by atoms with van der Waals surface area (Å²) in [4.78, 5) is 45.8. The van der Waals surface area contributed by atoms with E-state index in [2.05, 4.69) is 5.16 Å². The quantitative estimate of drug-likeness (QED) is 0.335. The number of halogens is 2. The highest BCUT2D eigenvalue weighted by Gasteiger charge is 2.45. The number of ketones is 1. The molecule has 1 heterocycles. The lowest BCUT2D eigenvalue weighted by atomic mass is 9.90. The predicted molar refractivity (Wildman–Crippen MR) is 109 cm³/mol. The summed E-state index contributed by atoms with van der Waals surface area (Å²) in [5.41, 5.74) is -0.590. The maximum Gasteiger partial charge on any atom is 0.361 e. The van der Waals surface area contributed by atoms with Gasteiger partial charge in [0.05, 0.1) is 21.8 Å². The molecule has 11 heteroatoms. The Morgan fingerprint density at radius 3 is 2.47 bits per heavy atom. The number of ether oxygens (including phenoxy) is 1. The van der Waals surface area contributed by atoms with Gasteiger partial charge in [0.25, 0.3) is 0 Å². The number of esters is 1. The van der Waals surface area contributed by atoms with Crippen molar-refractivity contribution >= 4 is 42.6 Å². The van der Waals surface area contributed by atoms with E-state index in [1.807, 2.05) is 0 Å². The number of rotatable bonds is 7. The van der Waals surface area contributed by atoms with E-state index in [4.69, 9.17) is 32.5 Å². The van der Waals surface area contributed by atoms with Gasteiger partial charge in [0.1, 0.15) is 5.56 Å². The summed E-state index contributed by atoms with van der Waals surface area (Å²) in [6.07, 6.45) is 1.53.